The van der Waals surface area contributed by atoms with Crippen molar-refractivity contribution < 1.29 is 22.7 Å². The average Bonchev–Trinajstić information content (AvgIpc) is 2.94. The van der Waals surface area contributed by atoms with E-state index in [2.05, 4.69) is 0 Å². The smallest absolute Gasteiger partial charge is 0.405 e. The zero-order valence-electron chi connectivity index (χ0n) is 13.0. The number of ether oxygens (including phenoxy) is 1. The number of alkyl halides is 3. The Morgan fingerprint density at radius 2 is 2.04 bits per heavy atom. The molecule has 0 aliphatic carbocycles. The summed E-state index contributed by atoms with van der Waals surface area (Å²) in [7, 11) is 0. The molecule has 1 unspecified atom stereocenters. The van der Waals surface area contributed by atoms with Crippen molar-refractivity contribution in [2.24, 2.45) is 0 Å². The largest absolute Gasteiger partial charge is 0.494 e. The minimum Gasteiger partial charge on any atom is -0.494 e. The van der Waals surface area contributed by atoms with Crippen LogP contribution in [0.3, 0.4) is 0 Å². The lowest BCUT2D eigenvalue weighted by Crippen LogP contribution is -2.40. The van der Waals surface area contributed by atoms with Gasteiger partial charge in [-0.25, -0.2) is 0 Å². The van der Waals surface area contributed by atoms with Gasteiger partial charge in [-0.3, -0.25) is 9.69 Å². The first-order valence-electron chi connectivity index (χ1n) is 7.69. The van der Waals surface area contributed by atoms with Gasteiger partial charge in [0.2, 0.25) is 5.91 Å². The van der Waals surface area contributed by atoms with Crippen LogP contribution in [0.2, 0.25) is 0 Å². The third kappa shape index (κ3) is 5.42. The van der Waals surface area contributed by atoms with Crippen molar-refractivity contribution in [3.63, 3.8) is 0 Å². The zero-order chi connectivity index (χ0) is 16.9. The van der Waals surface area contributed by atoms with Gasteiger partial charge in [0.05, 0.1) is 13.2 Å². The van der Waals surface area contributed by atoms with Gasteiger partial charge in [0.25, 0.3) is 0 Å². The van der Waals surface area contributed by atoms with E-state index in [0.717, 1.165) is 24.2 Å². The Labute approximate surface area is 133 Å². The minimum absolute atomic E-state index is 0.0199. The lowest BCUT2D eigenvalue weighted by atomic mass is 10.0. The third-order valence-electron chi connectivity index (χ3n) is 3.77. The number of nitrogens with zero attached hydrogens (tertiary/aromatic N) is 1. The van der Waals surface area contributed by atoms with Gasteiger partial charge in [-0.05, 0) is 44.0 Å². The molecule has 4 nitrogen and oxygen atoms in total. The van der Waals surface area contributed by atoms with Gasteiger partial charge in [-0.1, -0.05) is 12.1 Å². The number of carbonyl (C=O) groups excluding carboxylic acids is 1. The Kier molecular flexibility index (Phi) is 5.87. The molecule has 0 bridgehead atoms. The monoisotopic (exact) mass is 330 g/mol. The standard InChI is InChI=1S/C16H21F3N2O2/c1-2-23-13-7-5-12(6-8-13)14-4-3-9-21(14)10-15(22)20-11-16(17,18)19/h5-8,14H,2-4,9-11H2,1H3,(H,20,22). The number of rotatable bonds is 6. The molecule has 0 aromatic heterocycles. The highest BCUT2D eigenvalue weighted by atomic mass is 19.4. The van der Waals surface area contributed by atoms with Crippen LogP contribution in [0.4, 0.5) is 13.2 Å². The summed E-state index contributed by atoms with van der Waals surface area (Å²) in [5, 5.41) is 1.92. The molecular weight excluding hydrogens is 309 g/mol. The maximum absolute atomic E-state index is 12.1. The fourth-order valence-corrected chi connectivity index (χ4v) is 2.78. The maximum atomic E-state index is 12.1. The Hall–Kier alpha value is -1.76. The normalized spacial score (nSPS) is 18.9. The van der Waals surface area contributed by atoms with E-state index in [1.54, 1.807) is 0 Å². The lowest BCUT2D eigenvalue weighted by Gasteiger charge is -2.24. The summed E-state index contributed by atoms with van der Waals surface area (Å²) in [5.74, 6) is 0.184. The number of carbonyl (C=O) groups is 1. The molecule has 1 saturated heterocycles. The molecule has 2 rings (SSSR count). The van der Waals surface area contributed by atoms with Gasteiger partial charge in [0.15, 0.2) is 0 Å². The second kappa shape index (κ2) is 7.68. The van der Waals surface area contributed by atoms with E-state index < -0.39 is 18.6 Å². The van der Waals surface area contributed by atoms with E-state index in [0.29, 0.717) is 13.2 Å². The third-order valence-corrected chi connectivity index (χ3v) is 3.77. The fraction of sp³-hybridized carbons (Fsp3) is 0.562. The van der Waals surface area contributed by atoms with Crippen molar-refractivity contribution in [1.29, 1.82) is 0 Å². The predicted molar refractivity (Wildman–Crippen MR) is 80.2 cm³/mol. The second-order valence-corrected chi connectivity index (χ2v) is 5.52. The van der Waals surface area contributed by atoms with Crippen LogP contribution in [-0.2, 0) is 4.79 Å². The van der Waals surface area contributed by atoms with Gasteiger partial charge >= 0.3 is 6.18 Å². The van der Waals surface area contributed by atoms with E-state index in [1.807, 2.05) is 41.4 Å². The first-order chi connectivity index (χ1) is 10.9. The number of hydrogen-bond acceptors (Lipinski definition) is 3. The van der Waals surface area contributed by atoms with E-state index in [4.69, 9.17) is 4.74 Å². The van der Waals surface area contributed by atoms with Crippen LogP contribution < -0.4 is 10.1 Å². The molecule has 1 amide bonds. The highest BCUT2D eigenvalue weighted by Crippen LogP contribution is 2.32. The van der Waals surface area contributed by atoms with Crippen molar-refractivity contribution in [2.75, 3.05) is 26.2 Å². The highest BCUT2D eigenvalue weighted by molar-refractivity contribution is 5.78. The number of nitrogens with one attached hydrogen (secondary N) is 1. The molecule has 0 radical (unpaired) electrons. The molecule has 23 heavy (non-hydrogen) atoms. The Bertz CT molecular complexity index is 517. The van der Waals surface area contributed by atoms with E-state index in [9.17, 15) is 18.0 Å². The Balaban J connectivity index is 1.93. The van der Waals surface area contributed by atoms with Gasteiger partial charge in [-0.2, -0.15) is 13.2 Å². The van der Waals surface area contributed by atoms with E-state index >= 15 is 0 Å². The van der Waals surface area contributed by atoms with Crippen molar-refractivity contribution >= 4 is 5.91 Å². The van der Waals surface area contributed by atoms with E-state index in [-0.39, 0.29) is 12.6 Å². The van der Waals surface area contributed by atoms with Gasteiger partial charge in [0, 0.05) is 6.04 Å². The summed E-state index contributed by atoms with van der Waals surface area (Å²) >= 11 is 0. The molecule has 1 fully saturated rings. The fourth-order valence-electron chi connectivity index (χ4n) is 2.78. The topological polar surface area (TPSA) is 41.6 Å². The quantitative estimate of drug-likeness (QED) is 0.872. The van der Waals surface area contributed by atoms with Gasteiger partial charge in [-0.15, -0.1) is 0 Å². The summed E-state index contributed by atoms with van der Waals surface area (Å²) < 4.78 is 41.8. The molecule has 0 saturated carbocycles. The van der Waals surface area contributed by atoms with Crippen molar-refractivity contribution in [2.45, 2.75) is 32.0 Å². The molecule has 128 valence electrons. The lowest BCUT2D eigenvalue weighted by molar-refractivity contribution is -0.139. The van der Waals surface area contributed by atoms with Crippen LogP contribution in [0.25, 0.3) is 0 Å². The molecule has 1 aromatic carbocycles. The first-order valence-corrected chi connectivity index (χ1v) is 7.69. The van der Waals surface area contributed by atoms with Crippen LogP contribution in [0.15, 0.2) is 24.3 Å². The summed E-state index contributed by atoms with van der Waals surface area (Å²) in [6, 6.07) is 7.70. The number of amides is 1. The molecule has 1 heterocycles. The van der Waals surface area contributed by atoms with Crippen molar-refractivity contribution in [3.8, 4) is 5.75 Å². The molecule has 1 aromatic rings. The van der Waals surface area contributed by atoms with Crippen LogP contribution in [0.5, 0.6) is 5.75 Å². The number of hydrogen-bond donors (Lipinski definition) is 1. The molecule has 1 aliphatic heterocycles. The molecule has 1 aliphatic rings. The number of likely N-dealkylation sites (tertiary alicyclic amines) is 1. The Morgan fingerprint density at radius 1 is 1.35 bits per heavy atom. The van der Waals surface area contributed by atoms with Crippen molar-refractivity contribution in [3.05, 3.63) is 29.8 Å². The molecule has 1 N–H and O–H groups in total. The average molecular weight is 330 g/mol. The summed E-state index contributed by atoms with van der Waals surface area (Å²) in [6.45, 7) is 1.90. The highest BCUT2D eigenvalue weighted by Gasteiger charge is 2.30. The molecule has 7 heteroatoms. The second-order valence-electron chi connectivity index (χ2n) is 5.52. The van der Waals surface area contributed by atoms with Crippen LogP contribution in [0.1, 0.15) is 31.4 Å². The minimum atomic E-state index is -4.38. The van der Waals surface area contributed by atoms with Gasteiger partial charge < -0.3 is 10.1 Å². The predicted octanol–water partition coefficient (Wildman–Crippen LogP) is 2.90. The summed E-state index contributed by atoms with van der Waals surface area (Å²) in [4.78, 5) is 13.6. The van der Waals surface area contributed by atoms with Crippen molar-refractivity contribution in [1.82, 2.24) is 10.2 Å². The zero-order valence-corrected chi connectivity index (χ0v) is 13.0. The van der Waals surface area contributed by atoms with Crippen LogP contribution in [-0.4, -0.2) is 43.2 Å². The number of halogens is 3. The molecule has 0 spiro atoms. The van der Waals surface area contributed by atoms with Crippen LogP contribution in [0, 0.1) is 0 Å². The van der Waals surface area contributed by atoms with Gasteiger partial charge in [0.1, 0.15) is 12.3 Å². The maximum Gasteiger partial charge on any atom is 0.405 e. The van der Waals surface area contributed by atoms with E-state index in [1.165, 1.54) is 0 Å². The molecule has 1 atom stereocenters. The number of benzene rings is 1. The SMILES string of the molecule is CCOc1ccc(C2CCCN2CC(=O)NCC(F)(F)F)cc1. The molecular formula is C16H21F3N2O2. The van der Waals surface area contributed by atoms with Crippen LogP contribution >= 0.6 is 0 Å². The summed E-state index contributed by atoms with van der Waals surface area (Å²) in [5.41, 5.74) is 1.05. The summed E-state index contributed by atoms with van der Waals surface area (Å²) in [6.07, 6.45) is -2.57. The first kappa shape index (κ1) is 17.6. The Morgan fingerprint density at radius 3 is 2.65 bits per heavy atom.